The molecular weight excluding hydrogens is 472 g/mol. The largest absolute Gasteiger partial charge is 0.508 e. The summed E-state index contributed by atoms with van der Waals surface area (Å²) in [5.41, 5.74) is 0.241. The first kappa shape index (κ1) is 24.2. The lowest BCUT2D eigenvalue weighted by Crippen LogP contribution is -2.46. The van der Waals surface area contributed by atoms with Crippen molar-refractivity contribution in [3.8, 4) is 5.75 Å². The SMILES string of the molecule is O=C(O)[C@H](Cc1ccc(O)cc1)N(Cc1ccc(Cl)cc1)S(=O)(=O)c1ccccc1[N+](=O)[O-]. The molecule has 0 fully saturated rings. The van der Waals surface area contributed by atoms with Gasteiger partial charge in [-0.25, -0.2) is 8.42 Å². The number of nitrogens with zero attached hydrogens (tertiary/aromatic N) is 2. The lowest BCUT2D eigenvalue weighted by molar-refractivity contribution is -0.387. The van der Waals surface area contributed by atoms with Gasteiger partial charge >= 0.3 is 5.97 Å². The zero-order valence-corrected chi connectivity index (χ0v) is 18.6. The summed E-state index contributed by atoms with van der Waals surface area (Å²) in [7, 11) is -4.63. The summed E-state index contributed by atoms with van der Waals surface area (Å²) in [6.45, 7) is -0.361. The molecule has 0 aliphatic heterocycles. The number of benzene rings is 3. The first-order valence-electron chi connectivity index (χ1n) is 9.60. The van der Waals surface area contributed by atoms with Gasteiger partial charge in [0.2, 0.25) is 0 Å². The molecule has 0 aromatic heterocycles. The van der Waals surface area contributed by atoms with Crippen molar-refractivity contribution >= 4 is 33.3 Å². The fraction of sp³-hybridized carbons (Fsp3) is 0.136. The number of aromatic hydroxyl groups is 1. The van der Waals surface area contributed by atoms with Gasteiger partial charge in [0.05, 0.1) is 4.92 Å². The number of nitro groups is 1. The Bertz CT molecular complexity index is 1260. The van der Waals surface area contributed by atoms with Crippen molar-refractivity contribution < 1.29 is 28.3 Å². The normalized spacial score (nSPS) is 12.4. The van der Waals surface area contributed by atoms with Crippen LogP contribution in [0, 0.1) is 10.1 Å². The Kier molecular flexibility index (Phi) is 7.32. The monoisotopic (exact) mass is 490 g/mol. The first-order chi connectivity index (χ1) is 15.6. The fourth-order valence-corrected chi connectivity index (χ4v) is 5.11. The van der Waals surface area contributed by atoms with Crippen molar-refractivity contribution in [2.75, 3.05) is 0 Å². The third kappa shape index (κ3) is 5.67. The molecule has 0 aliphatic carbocycles. The molecule has 11 heteroatoms. The van der Waals surface area contributed by atoms with E-state index in [1.54, 1.807) is 12.1 Å². The summed E-state index contributed by atoms with van der Waals surface area (Å²) in [5.74, 6) is -1.46. The molecule has 2 N–H and O–H groups in total. The van der Waals surface area contributed by atoms with E-state index in [1.165, 1.54) is 48.5 Å². The van der Waals surface area contributed by atoms with Crippen molar-refractivity contribution in [2.45, 2.75) is 23.9 Å². The molecule has 0 aliphatic rings. The van der Waals surface area contributed by atoms with Crippen LogP contribution in [0.2, 0.25) is 5.02 Å². The number of sulfonamides is 1. The van der Waals surface area contributed by atoms with E-state index in [-0.39, 0.29) is 18.7 Å². The maximum absolute atomic E-state index is 13.6. The zero-order chi connectivity index (χ0) is 24.2. The number of rotatable bonds is 9. The number of hydrogen-bond donors (Lipinski definition) is 2. The average molecular weight is 491 g/mol. The number of nitro benzene ring substituents is 1. The highest BCUT2D eigenvalue weighted by Crippen LogP contribution is 2.30. The lowest BCUT2D eigenvalue weighted by atomic mass is 10.1. The molecule has 0 saturated heterocycles. The van der Waals surface area contributed by atoms with Crippen molar-refractivity contribution in [1.29, 1.82) is 0 Å². The molecule has 3 rings (SSSR count). The van der Waals surface area contributed by atoms with E-state index in [1.807, 2.05) is 0 Å². The molecule has 0 heterocycles. The average Bonchev–Trinajstić information content (AvgIpc) is 2.78. The van der Waals surface area contributed by atoms with Crippen molar-refractivity contribution in [3.63, 3.8) is 0 Å². The van der Waals surface area contributed by atoms with Crippen LogP contribution < -0.4 is 0 Å². The molecule has 172 valence electrons. The van der Waals surface area contributed by atoms with Crippen LogP contribution >= 0.6 is 11.6 Å². The second-order valence-electron chi connectivity index (χ2n) is 7.13. The third-order valence-corrected chi connectivity index (χ3v) is 7.05. The zero-order valence-electron chi connectivity index (χ0n) is 17.0. The quantitative estimate of drug-likeness (QED) is 0.343. The molecule has 3 aromatic rings. The highest BCUT2D eigenvalue weighted by atomic mass is 35.5. The Hall–Kier alpha value is -3.47. The van der Waals surface area contributed by atoms with Gasteiger partial charge in [-0.05, 0) is 47.9 Å². The van der Waals surface area contributed by atoms with Crippen LogP contribution in [0.1, 0.15) is 11.1 Å². The Morgan fingerprint density at radius 3 is 2.15 bits per heavy atom. The fourth-order valence-electron chi connectivity index (χ4n) is 3.25. The van der Waals surface area contributed by atoms with Crippen LogP contribution in [0.4, 0.5) is 5.69 Å². The number of para-hydroxylation sites is 1. The number of carboxylic acids is 1. The maximum Gasteiger partial charge on any atom is 0.322 e. The molecule has 0 amide bonds. The molecule has 1 atom stereocenters. The van der Waals surface area contributed by atoms with Gasteiger partial charge in [-0.3, -0.25) is 14.9 Å². The van der Waals surface area contributed by atoms with E-state index in [0.29, 0.717) is 16.1 Å². The van der Waals surface area contributed by atoms with Crippen LogP contribution in [0.15, 0.2) is 77.7 Å². The van der Waals surface area contributed by atoms with Crippen molar-refractivity contribution in [1.82, 2.24) is 4.31 Å². The molecule has 0 spiro atoms. The van der Waals surface area contributed by atoms with Crippen LogP contribution in [0.3, 0.4) is 0 Å². The molecule has 0 bridgehead atoms. The summed E-state index contributed by atoms with van der Waals surface area (Å²) in [6.07, 6.45) is -0.233. The predicted octanol–water partition coefficient (Wildman–Crippen LogP) is 3.84. The van der Waals surface area contributed by atoms with Crippen molar-refractivity contribution in [3.05, 3.63) is 99.1 Å². The number of carboxylic acid groups (broad SMARTS) is 1. The molecule has 0 radical (unpaired) electrons. The Morgan fingerprint density at radius 2 is 1.58 bits per heavy atom. The van der Waals surface area contributed by atoms with Crippen LogP contribution in [-0.2, 0) is 27.8 Å². The van der Waals surface area contributed by atoms with Gasteiger partial charge in [-0.2, -0.15) is 4.31 Å². The summed E-state index contributed by atoms with van der Waals surface area (Å²) < 4.78 is 28.0. The smallest absolute Gasteiger partial charge is 0.322 e. The molecule has 33 heavy (non-hydrogen) atoms. The maximum atomic E-state index is 13.6. The van der Waals surface area contributed by atoms with Gasteiger partial charge < -0.3 is 10.2 Å². The Morgan fingerprint density at radius 1 is 1.00 bits per heavy atom. The van der Waals surface area contributed by atoms with E-state index in [4.69, 9.17) is 11.6 Å². The number of hydrogen-bond acceptors (Lipinski definition) is 6. The van der Waals surface area contributed by atoms with Crippen LogP contribution in [0.5, 0.6) is 5.75 Å². The number of halogens is 1. The minimum atomic E-state index is -4.63. The Labute approximate surface area is 194 Å². The van der Waals surface area contributed by atoms with E-state index >= 15 is 0 Å². The minimum Gasteiger partial charge on any atom is -0.508 e. The van der Waals surface area contributed by atoms with Gasteiger partial charge in [-0.1, -0.05) is 48.0 Å². The highest BCUT2D eigenvalue weighted by Gasteiger charge is 2.39. The highest BCUT2D eigenvalue weighted by molar-refractivity contribution is 7.89. The summed E-state index contributed by atoms with van der Waals surface area (Å²) in [6, 6.07) is 15.0. The minimum absolute atomic E-state index is 0.0313. The van der Waals surface area contributed by atoms with Crippen molar-refractivity contribution in [2.24, 2.45) is 0 Å². The van der Waals surface area contributed by atoms with E-state index in [2.05, 4.69) is 0 Å². The number of phenols is 1. The van der Waals surface area contributed by atoms with Gasteiger partial charge in [-0.15, -0.1) is 0 Å². The van der Waals surface area contributed by atoms with Gasteiger partial charge in [0.15, 0.2) is 4.90 Å². The lowest BCUT2D eigenvalue weighted by Gasteiger charge is -2.28. The summed E-state index contributed by atoms with van der Waals surface area (Å²) >= 11 is 5.90. The van der Waals surface area contributed by atoms with E-state index in [0.717, 1.165) is 16.4 Å². The van der Waals surface area contributed by atoms with Crippen LogP contribution in [0.25, 0.3) is 0 Å². The number of aliphatic carboxylic acids is 1. The Balaban J connectivity index is 2.13. The molecule has 9 nitrogen and oxygen atoms in total. The second kappa shape index (κ2) is 9.99. The number of carbonyl (C=O) groups is 1. The second-order valence-corrected chi connectivity index (χ2v) is 9.42. The molecule has 0 saturated carbocycles. The molecule has 3 aromatic carbocycles. The summed E-state index contributed by atoms with van der Waals surface area (Å²) in [5, 5.41) is 31.3. The first-order valence-corrected chi connectivity index (χ1v) is 11.4. The summed E-state index contributed by atoms with van der Waals surface area (Å²) in [4.78, 5) is 22.3. The van der Waals surface area contributed by atoms with E-state index < -0.39 is 37.5 Å². The molecular formula is C22H19ClN2O7S. The predicted molar refractivity (Wildman–Crippen MR) is 121 cm³/mol. The topological polar surface area (TPSA) is 138 Å². The number of phenolic OH excluding ortho intramolecular Hbond substituents is 1. The van der Waals surface area contributed by atoms with Gasteiger partial charge in [0.1, 0.15) is 11.8 Å². The molecule has 0 unspecified atom stereocenters. The van der Waals surface area contributed by atoms with E-state index in [9.17, 15) is 33.5 Å². The van der Waals surface area contributed by atoms with Crippen LogP contribution in [-0.4, -0.2) is 39.9 Å². The van der Waals surface area contributed by atoms with Gasteiger partial charge in [0.25, 0.3) is 15.7 Å². The standard InChI is InChI=1S/C22H19ClN2O7S/c23-17-9-5-16(6-10-17)14-24(20(22(27)28)13-15-7-11-18(26)12-8-15)33(31,32)21-4-2-1-3-19(21)25(29)30/h1-12,20,26H,13-14H2,(H,27,28)/t20-/m0/s1. The van der Waals surface area contributed by atoms with Gasteiger partial charge in [0, 0.05) is 17.6 Å². The third-order valence-electron chi connectivity index (χ3n) is 4.90.